The molecule has 0 saturated carbocycles. The maximum Gasteiger partial charge on any atom is 0.413 e. The molecule has 1 amide bonds. The van der Waals surface area contributed by atoms with Gasteiger partial charge in [0.1, 0.15) is 0 Å². The average Bonchev–Trinajstić information content (AvgIpc) is 2.63. The topological polar surface area (TPSA) is 79.7 Å². The van der Waals surface area contributed by atoms with Crippen LogP contribution in [0.15, 0.2) is 54.2 Å². The van der Waals surface area contributed by atoms with Gasteiger partial charge in [0, 0.05) is 43.4 Å². The molecule has 1 unspecified atom stereocenters. The Labute approximate surface area is 140 Å². The van der Waals surface area contributed by atoms with Crippen molar-refractivity contribution >= 4 is 18.0 Å². The summed E-state index contributed by atoms with van der Waals surface area (Å²) in [5.74, 6) is 0. The van der Waals surface area contributed by atoms with Crippen LogP contribution in [0.1, 0.15) is 24.8 Å². The molecule has 24 heavy (non-hydrogen) atoms. The van der Waals surface area contributed by atoms with Crippen molar-refractivity contribution in [3.8, 4) is 0 Å². The summed E-state index contributed by atoms with van der Waals surface area (Å²) in [6.45, 7) is 0.759. The number of carbonyl (C=O) groups excluding carboxylic acids is 1. The number of ether oxygens (including phenoxy) is 1. The Bertz CT molecular complexity index is 678. The van der Waals surface area contributed by atoms with Crippen molar-refractivity contribution in [3.05, 3.63) is 54.6 Å². The summed E-state index contributed by atoms with van der Waals surface area (Å²) in [7, 11) is 0. The molecule has 0 spiro atoms. The molecule has 7 heteroatoms. The number of hydrogen-bond acceptors (Lipinski definition) is 6. The van der Waals surface area contributed by atoms with Gasteiger partial charge in [0.05, 0.1) is 6.21 Å². The van der Waals surface area contributed by atoms with E-state index in [1.807, 2.05) is 17.1 Å². The van der Waals surface area contributed by atoms with Crippen LogP contribution in [0.3, 0.4) is 0 Å². The van der Waals surface area contributed by atoms with Crippen molar-refractivity contribution in [1.29, 1.82) is 0 Å². The van der Waals surface area contributed by atoms with Crippen LogP contribution >= 0.6 is 0 Å². The smallest absolute Gasteiger partial charge is 0.413 e. The van der Waals surface area contributed by atoms with Crippen LogP contribution in [0.5, 0.6) is 0 Å². The normalized spacial score (nSPS) is 17.7. The lowest BCUT2D eigenvalue weighted by Gasteiger charge is -2.32. The SMILES string of the molecule is O=C(Nc1ccncc1)OC1CCCCN1N=Cc1ccncc1. The van der Waals surface area contributed by atoms with E-state index in [1.165, 1.54) is 0 Å². The number of hydrogen-bond donors (Lipinski definition) is 1. The summed E-state index contributed by atoms with van der Waals surface area (Å²) in [5.41, 5.74) is 1.60. The minimum atomic E-state index is -0.489. The predicted octanol–water partition coefficient (Wildman–Crippen LogP) is 2.87. The highest BCUT2D eigenvalue weighted by Crippen LogP contribution is 2.19. The van der Waals surface area contributed by atoms with Gasteiger partial charge in [0.2, 0.25) is 0 Å². The number of rotatable bonds is 4. The van der Waals surface area contributed by atoms with Gasteiger partial charge in [-0.3, -0.25) is 20.3 Å². The first-order chi connectivity index (χ1) is 11.8. The Hall–Kier alpha value is -2.96. The Kier molecular flexibility index (Phi) is 5.34. The molecule has 3 rings (SSSR count). The number of pyridine rings is 2. The minimum Gasteiger partial charge on any atom is -0.424 e. The highest BCUT2D eigenvalue weighted by atomic mass is 16.6. The molecule has 1 aliphatic rings. The first-order valence-electron chi connectivity index (χ1n) is 7.89. The second kappa shape index (κ2) is 8.05. The summed E-state index contributed by atoms with van der Waals surface area (Å²) >= 11 is 0. The summed E-state index contributed by atoms with van der Waals surface area (Å²) in [6, 6.07) is 7.17. The monoisotopic (exact) mass is 325 g/mol. The standard InChI is InChI=1S/C17H19N5O2/c23-17(21-15-6-10-19-11-7-15)24-16-3-1-2-12-22(16)20-13-14-4-8-18-9-5-14/h4-11,13,16H,1-3,12H2,(H,19,21,23). The van der Waals surface area contributed by atoms with E-state index < -0.39 is 6.09 Å². The number of anilines is 1. The average molecular weight is 325 g/mol. The van der Waals surface area contributed by atoms with Crippen molar-refractivity contribution in [2.75, 3.05) is 11.9 Å². The zero-order valence-electron chi connectivity index (χ0n) is 13.2. The van der Waals surface area contributed by atoms with Gasteiger partial charge in [-0.1, -0.05) is 0 Å². The fraction of sp³-hybridized carbons (Fsp3) is 0.294. The summed E-state index contributed by atoms with van der Waals surface area (Å²) in [4.78, 5) is 19.9. The van der Waals surface area contributed by atoms with E-state index in [2.05, 4.69) is 20.4 Å². The number of nitrogens with one attached hydrogen (secondary N) is 1. The molecule has 1 aliphatic heterocycles. The first-order valence-corrected chi connectivity index (χ1v) is 7.89. The molecule has 124 valence electrons. The van der Waals surface area contributed by atoms with Crippen LogP contribution in [0, 0.1) is 0 Å². The minimum absolute atomic E-state index is 0.362. The lowest BCUT2D eigenvalue weighted by molar-refractivity contribution is -0.0297. The largest absolute Gasteiger partial charge is 0.424 e. The molecular weight excluding hydrogens is 306 g/mol. The van der Waals surface area contributed by atoms with Crippen molar-refractivity contribution in [1.82, 2.24) is 15.0 Å². The quantitative estimate of drug-likeness (QED) is 0.874. The first kappa shape index (κ1) is 15.9. The van der Waals surface area contributed by atoms with E-state index in [0.717, 1.165) is 31.4 Å². The molecule has 2 aromatic rings. The van der Waals surface area contributed by atoms with Gasteiger partial charge in [-0.2, -0.15) is 5.10 Å². The van der Waals surface area contributed by atoms with E-state index in [9.17, 15) is 4.79 Å². The zero-order valence-corrected chi connectivity index (χ0v) is 13.2. The molecule has 1 N–H and O–H groups in total. The van der Waals surface area contributed by atoms with Crippen LogP contribution in [-0.4, -0.2) is 40.1 Å². The van der Waals surface area contributed by atoms with Crippen molar-refractivity contribution < 1.29 is 9.53 Å². The van der Waals surface area contributed by atoms with E-state index in [1.54, 1.807) is 43.1 Å². The summed E-state index contributed by atoms with van der Waals surface area (Å²) in [6.07, 6.45) is 10.4. The molecule has 0 aromatic carbocycles. The second-order valence-corrected chi connectivity index (χ2v) is 5.40. The number of hydrazone groups is 1. The highest BCUT2D eigenvalue weighted by molar-refractivity contribution is 5.84. The van der Waals surface area contributed by atoms with Crippen molar-refractivity contribution in [2.24, 2.45) is 5.10 Å². The molecule has 2 aromatic heterocycles. The third-order valence-corrected chi connectivity index (χ3v) is 3.65. The lowest BCUT2D eigenvalue weighted by Crippen LogP contribution is -2.40. The third-order valence-electron chi connectivity index (χ3n) is 3.65. The van der Waals surface area contributed by atoms with Crippen LogP contribution < -0.4 is 5.32 Å². The van der Waals surface area contributed by atoms with Gasteiger partial charge in [0.25, 0.3) is 0 Å². The van der Waals surface area contributed by atoms with Gasteiger partial charge < -0.3 is 4.74 Å². The predicted molar refractivity (Wildman–Crippen MR) is 90.5 cm³/mol. The highest BCUT2D eigenvalue weighted by Gasteiger charge is 2.24. The number of aromatic nitrogens is 2. The molecule has 1 saturated heterocycles. The number of carbonyl (C=O) groups is 1. The maximum absolute atomic E-state index is 12.1. The van der Waals surface area contributed by atoms with Crippen LogP contribution in [-0.2, 0) is 4.74 Å². The number of piperidine rings is 1. The fourth-order valence-corrected chi connectivity index (χ4v) is 2.43. The molecular formula is C17H19N5O2. The Balaban J connectivity index is 1.60. The van der Waals surface area contributed by atoms with Gasteiger partial charge >= 0.3 is 6.09 Å². The Morgan fingerprint density at radius 2 is 1.88 bits per heavy atom. The zero-order chi connectivity index (χ0) is 16.6. The van der Waals surface area contributed by atoms with Gasteiger partial charge in [-0.05, 0) is 42.7 Å². The molecule has 1 fully saturated rings. The van der Waals surface area contributed by atoms with Crippen LogP contribution in [0.2, 0.25) is 0 Å². The van der Waals surface area contributed by atoms with Gasteiger partial charge in [0.15, 0.2) is 6.23 Å². The van der Waals surface area contributed by atoms with Crippen molar-refractivity contribution in [2.45, 2.75) is 25.5 Å². The van der Waals surface area contributed by atoms with Crippen LogP contribution in [0.25, 0.3) is 0 Å². The Morgan fingerprint density at radius 1 is 1.17 bits per heavy atom. The van der Waals surface area contributed by atoms with Gasteiger partial charge in [-0.25, -0.2) is 4.79 Å². The summed E-state index contributed by atoms with van der Waals surface area (Å²) in [5, 5.41) is 8.97. The number of amides is 1. The lowest BCUT2D eigenvalue weighted by atomic mass is 10.1. The molecule has 0 aliphatic carbocycles. The maximum atomic E-state index is 12.1. The Morgan fingerprint density at radius 3 is 2.62 bits per heavy atom. The molecule has 7 nitrogen and oxygen atoms in total. The molecule has 0 bridgehead atoms. The second-order valence-electron chi connectivity index (χ2n) is 5.40. The van der Waals surface area contributed by atoms with E-state index in [4.69, 9.17) is 4.74 Å². The third kappa shape index (κ3) is 4.52. The van der Waals surface area contributed by atoms with Crippen LogP contribution in [0.4, 0.5) is 10.5 Å². The molecule has 0 radical (unpaired) electrons. The van der Waals surface area contributed by atoms with Gasteiger partial charge in [-0.15, -0.1) is 0 Å². The van der Waals surface area contributed by atoms with E-state index in [-0.39, 0.29) is 6.23 Å². The van der Waals surface area contributed by atoms with Crippen molar-refractivity contribution in [3.63, 3.8) is 0 Å². The van der Waals surface area contributed by atoms with E-state index in [0.29, 0.717) is 5.69 Å². The van der Waals surface area contributed by atoms with E-state index >= 15 is 0 Å². The number of nitrogens with zero attached hydrogens (tertiary/aromatic N) is 4. The molecule has 1 atom stereocenters. The summed E-state index contributed by atoms with van der Waals surface area (Å²) < 4.78 is 5.53. The molecule has 3 heterocycles. The fourth-order valence-electron chi connectivity index (χ4n) is 2.43.